The van der Waals surface area contributed by atoms with Gasteiger partial charge >= 0.3 is 0 Å². The number of nitrogens with zero attached hydrogens (tertiary/aromatic N) is 3. The Labute approximate surface area is 206 Å². The normalized spacial score (nSPS) is 20.5. The number of carbonyl (C=O) groups is 2. The molecular weight excluding hydrogens is 438 g/mol. The van der Waals surface area contributed by atoms with Crippen LogP contribution >= 0.6 is 0 Å². The Morgan fingerprint density at radius 3 is 2.51 bits per heavy atom. The summed E-state index contributed by atoms with van der Waals surface area (Å²) < 4.78 is 5.49. The molecule has 180 valence electrons. The van der Waals surface area contributed by atoms with Crippen LogP contribution in [-0.2, 0) is 13.0 Å². The lowest BCUT2D eigenvalue weighted by molar-refractivity contribution is 0.0662. The topological polar surface area (TPSA) is 57.0 Å². The molecule has 1 atom stereocenters. The molecule has 0 saturated carbocycles. The molecule has 0 unspecified atom stereocenters. The zero-order chi connectivity index (χ0) is 23.8. The van der Waals surface area contributed by atoms with E-state index in [1.807, 2.05) is 53.4 Å². The van der Waals surface area contributed by atoms with Gasteiger partial charge in [0, 0.05) is 49.9 Å². The van der Waals surface area contributed by atoms with Crippen molar-refractivity contribution in [3.63, 3.8) is 0 Å². The van der Waals surface area contributed by atoms with Crippen molar-refractivity contribution >= 4 is 11.8 Å². The van der Waals surface area contributed by atoms with Gasteiger partial charge in [0.1, 0.15) is 5.76 Å². The summed E-state index contributed by atoms with van der Waals surface area (Å²) in [6.45, 7) is 5.16. The largest absolute Gasteiger partial charge is 0.468 e. The second-order valence-corrected chi connectivity index (χ2v) is 9.95. The van der Waals surface area contributed by atoms with Gasteiger partial charge in [0.2, 0.25) is 0 Å². The van der Waals surface area contributed by atoms with E-state index in [4.69, 9.17) is 4.42 Å². The fraction of sp³-hybridized carbons (Fsp3) is 0.379. The molecule has 2 amide bonds. The quantitative estimate of drug-likeness (QED) is 0.554. The van der Waals surface area contributed by atoms with Crippen LogP contribution in [0.2, 0.25) is 0 Å². The minimum atomic E-state index is 0.125. The SMILES string of the molecule is O=C(c1ccc(-c2ccc3c(c2)CCN([C@@H]2CCN(Cc4ccco4)C2)C3=O)cc1)N1CCCC1. The first-order valence-electron chi connectivity index (χ1n) is 12.7. The maximum atomic E-state index is 13.4. The lowest BCUT2D eigenvalue weighted by Crippen LogP contribution is -2.45. The van der Waals surface area contributed by atoms with Crippen LogP contribution in [0.4, 0.5) is 0 Å². The van der Waals surface area contributed by atoms with E-state index >= 15 is 0 Å². The predicted octanol–water partition coefficient (Wildman–Crippen LogP) is 4.46. The molecule has 2 aromatic carbocycles. The number of hydrogen-bond acceptors (Lipinski definition) is 4. The van der Waals surface area contributed by atoms with Crippen LogP contribution in [0.5, 0.6) is 0 Å². The molecule has 6 nitrogen and oxygen atoms in total. The van der Waals surface area contributed by atoms with Crippen molar-refractivity contribution in [2.45, 2.75) is 38.3 Å². The minimum absolute atomic E-state index is 0.125. The van der Waals surface area contributed by atoms with E-state index in [1.165, 1.54) is 0 Å². The summed E-state index contributed by atoms with van der Waals surface area (Å²) >= 11 is 0. The van der Waals surface area contributed by atoms with Crippen LogP contribution in [0.15, 0.2) is 65.3 Å². The molecule has 6 heteroatoms. The van der Waals surface area contributed by atoms with Gasteiger partial charge in [0.15, 0.2) is 0 Å². The first-order valence-corrected chi connectivity index (χ1v) is 12.7. The molecule has 3 aliphatic rings. The molecule has 0 spiro atoms. The van der Waals surface area contributed by atoms with Crippen molar-refractivity contribution in [2.24, 2.45) is 0 Å². The van der Waals surface area contributed by atoms with Crippen molar-refractivity contribution in [2.75, 3.05) is 32.7 Å². The summed E-state index contributed by atoms with van der Waals surface area (Å²) in [5.41, 5.74) is 4.86. The van der Waals surface area contributed by atoms with Crippen molar-refractivity contribution < 1.29 is 14.0 Å². The first kappa shape index (κ1) is 22.1. The second kappa shape index (κ2) is 9.34. The van der Waals surface area contributed by atoms with Gasteiger partial charge < -0.3 is 14.2 Å². The summed E-state index contributed by atoms with van der Waals surface area (Å²) in [6, 6.07) is 18.3. The first-order chi connectivity index (χ1) is 17.2. The van der Waals surface area contributed by atoms with Gasteiger partial charge in [-0.05, 0) is 72.7 Å². The van der Waals surface area contributed by atoms with E-state index in [2.05, 4.69) is 15.9 Å². The van der Waals surface area contributed by atoms with Crippen LogP contribution < -0.4 is 0 Å². The molecule has 0 N–H and O–H groups in total. The highest BCUT2D eigenvalue weighted by Gasteiger charge is 2.34. The van der Waals surface area contributed by atoms with Gasteiger partial charge in [-0.25, -0.2) is 0 Å². The minimum Gasteiger partial charge on any atom is -0.468 e. The molecule has 35 heavy (non-hydrogen) atoms. The van der Waals surface area contributed by atoms with Crippen LogP contribution in [0.1, 0.15) is 51.3 Å². The predicted molar refractivity (Wildman–Crippen MR) is 134 cm³/mol. The van der Waals surface area contributed by atoms with E-state index in [9.17, 15) is 9.59 Å². The van der Waals surface area contributed by atoms with Gasteiger partial charge in [-0.2, -0.15) is 0 Å². The van der Waals surface area contributed by atoms with E-state index in [0.717, 1.165) is 98.5 Å². The number of rotatable bonds is 5. The molecule has 0 bridgehead atoms. The fourth-order valence-corrected chi connectivity index (χ4v) is 5.78. The monoisotopic (exact) mass is 469 g/mol. The maximum absolute atomic E-state index is 13.4. The van der Waals surface area contributed by atoms with E-state index < -0.39 is 0 Å². The molecule has 0 radical (unpaired) electrons. The number of hydrogen-bond donors (Lipinski definition) is 0. The zero-order valence-corrected chi connectivity index (χ0v) is 20.0. The van der Waals surface area contributed by atoms with Crippen LogP contribution in [-0.4, -0.2) is 65.3 Å². The standard InChI is InChI=1S/C29H31N3O3/c33-28(31-13-1-2-14-31)22-7-5-21(6-8-22)23-9-10-27-24(18-23)11-16-32(29(27)34)25-12-15-30(19-25)20-26-4-3-17-35-26/h3-10,17-18,25H,1-2,11-16,19-20H2/t25-/m1/s1. The Morgan fingerprint density at radius 2 is 1.74 bits per heavy atom. The molecule has 2 fully saturated rings. The molecule has 6 rings (SSSR count). The van der Waals surface area contributed by atoms with Gasteiger partial charge in [-0.15, -0.1) is 0 Å². The Balaban J connectivity index is 1.13. The summed E-state index contributed by atoms with van der Waals surface area (Å²) in [6.07, 6.45) is 5.78. The lowest BCUT2D eigenvalue weighted by Gasteiger charge is -2.34. The Bertz CT molecular complexity index is 1210. The Kier molecular flexibility index (Phi) is 5.90. The number of likely N-dealkylation sites (tertiary alicyclic amines) is 2. The van der Waals surface area contributed by atoms with E-state index in [1.54, 1.807) is 6.26 Å². The second-order valence-electron chi connectivity index (χ2n) is 9.95. The number of carbonyl (C=O) groups excluding carboxylic acids is 2. The van der Waals surface area contributed by atoms with Gasteiger partial charge in [0.25, 0.3) is 11.8 Å². The summed E-state index contributed by atoms with van der Waals surface area (Å²) in [5.74, 6) is 1.25. The zero-order valence-electron chi connectivity index (χ0n) is 20.0. The Morgan fingerprint density at radius 1 is 0.943 bits per heavy atom. The van der Waals surface area contributed by atoms with E-state index in [0.29, 0.717) is 0 Å². The Hall–Kier alpha value is -3.38. The highest BCUT2D eigenvalue weighted by molar-refractivity contribution is 5.98. The molecule has 2 saturated heterocycles. The summed E-state index contributed by atoms with van der Waals surface area (Å²) in [5, 5.41) is 0. The van der Waals surface area contributed by atoms with Crippen molar-refractivity contribution in [1.29, 1.82) is 0 Å². The number of benzene rings is 2. The molecule has 4 heterocycles. The molecule has 0 aliphatic carbocycles. The fourth-order valence-electron chi connectivity index (χ4n) is 5.78. The molecule has 1 aromatic heterocycles. The highest BCUT2D eigenvalue weighted by Crippen LogP contribution is 2.29. The summed E-state index contributed by atoms with van der Waals surface area (Å²) in [7, 11) is 0. The van der Waals surface area contributed by atoms with Crippen LogP contribution in [0.25, 0.3) is 11.1 Å². The molecular formula is C29H31N3O3. The average molecular weight is 470 g/mol. The van der Waals surface area contributed by atoms with Crippen LogP contribution in [0, 0.1) is 0 Å². The number of fused-ring (bicyclic) bond motifs is 1. The van der Waals surface area contributed by atoms with Crippen LogP contribution in [0.3, 0.4) is 0 Å². The smallest absolute Gasteiger partial charge is 0.254 e. The maximum Gasteiger partial charge on any atom is 0.254 e. The highest BCUT2D eigenvalue weighted by atomic mass is 16.3. The van der Waals surface area contributed by atoms with E-state index in [-0.39, 0.29) is 17.9 Å². The van der Waals surface area contributed by atoms with Crippen molar-refractivity contribution in [3.8, 4) is 11.1 Å². The van der Waals surface area contributed by atoms with Crippen molar-refractivity contribution in [3.05, 3.63) is 83.3 Å². The van der Waals surface area contributed by atoms with Gasteiger partial charge in [-0.1, -0.05) is 24.3 Å². The van der Waals surface area contributed by atoms with Crippen molar-refractivity contribution in [1.82, 2.24) is 14.7 Å². The number of amides is 2. The molecule has 3 aliphatic heterocycles. The third kappa shape index (κ3) is 4.39. The third-order valence-electron chi connectivity index (χ3n) is 7.72. The average Bonchev–Trinajstić information content (AvgIpc) is 3.68. The van der Waals surface area contributed by atoms with Gasteiger partial charge in [-0.3, -0.25) is 14.5 Å². The number of furan rings is 1. The van der Waals surface area contributed by atoms with Gasteiger partial charge in [0.05, 0.1) is 12.8 Å². The summed E-state index contributed by atoms with van der Waals surface area (Å²) in [4.78, 5) is 32.4. The molecule has 3 aromatic rings. The lowest BCUT2D eigenvalue weighted by atomic mass is 9.93. The third-order valence-corrected chi connectivity index (χ3v) is 7.72.